The fourth-order valence-corrected chi connectivity index (χ4v) is 3.71. The average molecular weight is 415 g/mol. The van der Waals surface area contributed by atoms with Crippen LogP contribution >= 0.6 is 11.8 Å². The van der Waals surface area contributed by atoms with E-state index >= 15 is 0 Å². The minimum atomic E-state index is -1.13. The molecule has 2 N–H and O–H groups in total. The number of nitrogens with zero attached hydrogens (tertiary/aromatic N) is 1. The smallest absolute Gasteiger partial charge is 0.308 e. The number of rotatable bonds is 6. The highest BCUT2D eigenvalue weighted by Gasteiger charge is 2.30. The number of nitro benzene ring substituents is 1. The number of fused-ring (bicyclic) bond motifs is 1. The van der Waals surface area contributed by atoms with Crippen LogP contribution < -0.4 is 10.6 Å². The number of hydrogen-bond donors (Lipinski definition) is 2. The van der Waals surface area contributed by atoms with Crippen molar-refractivity contribution in [1.82, 2.24) is 0 Å². The van der Waals surface area contributed by atoms with Crippen LogP contribution in [-0.4, -0.2) is 34.1 Å². The summed E-state index contributed by atoms with van der Waals surface area (Å²) in [6.07, 6.45) is -1.33. The van der Waals surface area contributed by atoms with E-state index in [1.165, 1.54) is 43.0 Å². The SMILES string of the molecule is CC(OC(=O)CC1Sc2ccccc2NC1=O)C(=O)Nc1cccc([N+](=O)[O-])c1. The van der Waals surface area contributed by atoms with E-state index < -0.39 is 28.2 Å². The van der Waals surface area contributed by atoms with Crippen molar-refractivity contribution in [3.8, 4) is 0 Å². The summed E-state index contributed by atoms with van der Waals surface area (Å²) in [4.78, 5) is 47.6. The normalized spacial score (nSPS) is 16.2. The summed E-state index contributed by atoms with van der Waals surface area (Å²) < 4.78 is 5.12. The highest BCUT2D eigenvalue weighted by molar-refractivity contribution is 8.01. The third kappa shape index (κ3) is 5.11. The Balaban J connectivity index is 1.55. The number of thioether (sulfide) groups is 1. The van der Waals surface area contributed by atoms with E-state index in [2.05, 4.69) is 10.6 Å². The Bertz CT molecular complexity index is 980. The zero-order valence-corrected chi connectivity index (χ0v) is 16.1. The molecule has 9 nitrogen and oxygen atoms in total. The van der Waals surface area contributed by atoms with Crippen LogP contribution in [0.1, 0.15) is 13.3 Å². The molecule has 0 bridgehead atoms. The number of carbonyl (C=O) groups excluding carboxylic acids is 3. The Hall–Kier alpha value is -3.40. The van der Waals surface area contributed by atoms with Crippen LogP contribution in [0.4, 0.5) is 17.1 Å². The van der Waals surface area contributed by atoms with Crippen LogP contribution in [0.3, 0.4) is 0 Å². The number of anilines is 2. The summed E-state index contributed by atoms with van der Waals surface area (Å²) in [6, 6.07) is 12.7. The second-order valence-electron chi connectivity index (χ2n) is 6.22. The molecule has 1 aliphatic heterocycles. The van der Waals surface area contributed by atoms with Crippen molar-refractivity contribution in [1.29, 1.82) is 0 Å². The Labute approximate surface area is 170 Å². The van der Waals surface area contributed by atoms with Crippen molar-refractivity contribution in [2.75, 3.05) is 10.6 Å². The Morgan fingerprint density at radius 1 is 1.28 bits per heavy atom. The molecule has 2 aromatic carbocycles. The second-order valence-corrected chi connectivity index (χ2v) is 7.47. The number of amides is 2. The van der Waals surface area contributed by atoms with Crippen molar-refractivity contribution in [2.45, 2.75) is 29.6 Å². The standard InChI is InChI=1S/C19H17N3O6S/c1-11(18(24)20-12-5-4-6-13(9-12)22(26)27)28-17(23)10-16-19(25)21-14-7-2-3-8-15(14)29-16/h2-9,11,16H,10H2,1H3,(H,20,24)(H,21,25). The first-order chi connectivity index (χ1) is 13.8. The minimum absolute atomic E-state index is 0.173. The topological polar surface area (TPSA) is 128 Å². The van der Waals surface area contributed by atoms with Crippen LogP contribution in [0.15, 0.2) is 53.4 Å². The molecular weight excluding hydrogens is 398 g/mol. The Kier molecular flexibility index (Phi) is 6.13. The molecule has 150 valence electrons. The van der Waals surface area contributed by atoms with E-state index in [1.54, 1.807) is 12.1 Å². The molecule has 0 saturated carbocycles. The Morgan fingerprint density at radius 2 is 2.03 bits per heavy atom. The van der Waals surface area contributed by atoms with Crippen LogP contribution in [0.2, 0.25) is 0 Å². The van der Waals surface area contributed by atoms with Gasteiger partial charge in [-0.15, -0.1) is 11.8 Å². The number of carbonyl (C=O) groups is 3. The van der Waals surface area contributed by atoms with Gasteiger partial charge in [-0.3, -0.25) is 24.5 Å². The molecule has 1 heterocycles. The number of esters is 1. The molecule has 29 heavy (non-hydrogen) atoms. The predicted molar refractivity (Wildman–Crippen MR) is 107 cm³/mol. The van der Waals surface area contributed by atoms with Crippen LogP contribution in [0, 0.1) is 10.1 Å². The summed E-state index contributed by atoms with van der Waals surface area (Å²) in [5, 5.41) is 15.3. The van der Waals surface area contributed by atoms with Crippen molar-refractivity contribution in [3.05, 3.63) is 58.6 Å². The van der Waals surface area contributed by atoms with Gasteiger partial charge in [-0.2, -0.15) is 0 Å². The minimum Gasteiger partial charge on any atom is -0.452 e. The number of nitrogens with one attached hydrogen (secondary N) is 2. The molecule has 3 rings (SSSR count). The van der Waals surface area contributed by atoms with Gasteiger partial charge in [0.1, 0.15) is 0 Å². The first kappa shape index (κ1) is 20.3. The van der Waals surface area contributed by atoms with Crippen LogP contribution in [0.25, 0.3) is 0 Å². The number of non-ortho nitro benzene ring substituents is 1. The van der Waals surface area contributed by atoms with Gasteiger partial charge in [-0.25, -0.2) is 0 Å². The van der Waals surface area contributed by atoms with E-state index in [0.717, 1.165) is 4.90 Å². The first-order valence-electron chi connectivity index (χ1n) is 8.65. The lowest BCUT2D eigenvalue weighted by Crippen LogP contribution is -2.34. The highest BCUT2D eigenvalue weighted by Crippen LogP contribution is 2.36. The monoisotopic (exact) mass is 415 g/mol. The molecule has 0 spiro atoms. The zero-order chi connectivity index (χ0) is 21.0. The van der Waals surface area contributed by atoms with E-state index in [0.29, 0.717) is 5.69 Å². The zero-order valence-electron chi connectivity index (χ0n) is 15.3. The lowest BCUT2D eigenvalue weighted by molar-refractivity contribution is -0.384. The average Bonchev–Trinajstić information content (AvgIpc) is 2.68. The predicted octanol–water partition coefficient (Wildman–Crippen LogP) is 2.97. The summed E-state index contributed by atoms with van der Waals surface area (Å²) in [5.74, 6) is -1.64. The number of para-hydroxylation sites is 1. The largest absolute Gasteiger partial charge is 0.452 e. The third-order valence-electron chi connectivity index (χ3n) is 4.06. The van der Waals surface area contributed by atoms with E-state index in [-0.39, 0.29) is 23.7 Å². The van der Waals surface area contributed by atoms with Gasteiger partial charge in [-0.05, 0) is 25.1 Å². The molecule has 1 aliphatic rings. The molecule has 2 aromatic rings. The molecule has 2 unspecified atom stereocenters. The fourth-order valence-electron chi connectivity index (χ4n) is 2.62. The molecule has 2 atom stereocenters. The molecule has 0 fully saturated rings. The first-order valence-corrected chi connectivity index (χ1v) is 9.53. The van der Waals surface area contributed by atoms with Crippen molar-refractivity contribution >= 4 is 46.6 Å². The van der Waals surface area contributed by atoms with Crippen molar-refractivity contribution < 1.29 is 24.0 Å². The number of benzene rings is 2. The maximum Gasteiger partial charge on any atom is 0.308 e. The summed E-state index contributed by atoms with van der Waals surface area (Å²) in [7, 11) is 0. The van der Waals surface area contributed by atoms with Crippen LogP contribution in [0.5, 0.6) is 0 Å². The van der Waals surface area contributed by atoms with Crippen molar-refractivity contribution in [3.63, 3.8) is 0 Å². The lowest BCUT2D eigenvalue weighted by atomic mass is 10.2. The quantitative estimate of drug-likeness (QED) is 0.422. The number of ether oxygens (including phenoxy) is 1. The molecule has 0 radical (unpaired) electrons. The van der Waals surface area contributed by atoms with E-state index in [9.17, 15) is 24.5 Å². The van der Waals surface area contributed by atoms with Gasteiger partial charge in [0.25, 0.3) is 11.6 Å². The molecule has 0 aliphatic carbocycles. The Morgan fingerprint density at radius 3 is 2.79 bits per heavy atom. The van der Waals surface area contributed by atoms with Gasteiger partial charge in [0.05, 0.1) is 22.3 Å². The second kappa shape index (κ2) is 8.74. The molecule has 2 amide bonds. The van der Waals surface area contributed by atoms with Gasteiger partial charge < -0.3 is 15.4 Å². The van der Waals surface area contributed by atoms with Crippen molar-refractivity contribution in [2.24, 2.45) is 0 Å². The summed E-state index contributed by atoms with van der Waals surface area (Å²) in [5.41, 5.74) is 0.732. The van der Waals surface area contributed by atoms with Gasteiger partial charge in [0, 0.05) is 22.7 Å². The molecule has 0 saturated heterocycles. The van der Waals surface area contributed by atoms with Crippen LogP contribution in [-0.2, 0) is 19.1 Å². The van der Waals surface area contributed by atoms with Gasteiger partial charge >= 0.3 is 5.97 Å². The molecular formula is C19H17N3O6S. The lowest BCUT2D eigenvalue weighted by Gasteiger charge is -2.23. The number of nitro groups is 1. The molecule has 0 aromatic heterocycles. The van der Waals surface area contributed by atoms with E-state index in [1.807, 2.05) is 12.1 Å². The summed E-state index contributed by atoms with van der Waals surface area (Å²) >= 11 is 1.26. The van der Waals surface area contributed by atoms with Gasteiger partial charge in [-0.1, -0.05) is 18.2 Å². The van der Waals surface area contributed by atoms with Gasteiger partial charge in [0.15, 0.2) is 6.10 Å². The highest BCUT2D eigenvalue weighted by atomic mass is 32.2. The van der Waals surface area contributed by atoms with E-state index in [4.69, 9.17) is 4.74 Å². The maximum absolute atomic E-state index is 12.2. The number of hydrogen-bond acceptors (Lipinski definition) is 7. The summed E-state index contributed by atoms with van der Waals surface area (Å²) in [6.45, 7) is 1.38. The maximum atomic E-state index is 12.2. The molecule has 10 heteroatoms. The third-order valence-corrected chi connectivity index (χ3v) is 5.34. The fraction of sp³-hybridized carbons (Fsp3) is 0.211. The van der Waals surface area contributed by atoms with Gasteiger partial charge in [0.2, 0.25) is 5.91 Å².